The van der Waals surface area contributed by atoms with Gasteiger partial charge in [-0.2, -0.15) is 0 Å². The van der Waals surface area contributed by atoms with E-state index in [-0.39, 0.29) is 16.9 Å². The molecule has 31 heavy (non-hydrogen) atoms. The Balaban J connectivity index is 1.65. The number of benzene rings is 2. The first-order chi connectivity index (χ1) is 15.0. The third kappa shape index (κ3) is 6.49. The average Bonchev–Trinajstić information content (AvgIpc) is 2.78. The Bertz CT molecular complexity index is 964. The molecule has 164 valence electrons. The van der Waals surface area contributed by atoms with E-state index in [0.717, 1.165) is 10.9 Å². The summed E-state index contributed by atoms with van der Waals surface area (Å²) in [6, 6.07) is 12.3. The molecule has 7 nitrogen and oxygen atoms in total. The van der Waals surface area contributed by atoms with Crippen LogP contribution in [0.2, 0.25) is 0 Å². The molecule has 1 heterocycles. The van der Waals surface area contributed by atoms with Gasteiger partial charge in [0.2, 0.25) is 0 Å². The lowest BCUT2D eigenvalue weighted by atomic mass is 10.1. The average molecular weight is 506 g/mol. The summed E-state index contributed by atoms with van der Waals surface area (Å²) in [5.74, 6) is 0.0441. The van der Waals surface area contributed by atoms with Gasteiger partial charge in [-0.15, -0.1) is 0 Å². The highest BCUT2D eigenvalue weighted by Gasteiger charge is 2.19. The molecular weight excluding hydrogens is 482 g/mol. The number of thiocarbonyl (C=S) groups is 1. The zero-order chi connectivity index (χ0) is 22.2. The van der Waals surface area contributed by atoms with Crippen molar-refractivity contribution in [1.29, 1.82) is 0 Å². The Morgan fingerprint density at radius 3 is 2.71 bits per heavy atom. The molecule has 0 spiro atoms. The molecular formula is C22H24BrN3O4S. The molecule has 1 aliphatic rings. The van der Waals surface area contributed by atoms with Crippen LogP contribution in [0.15, 0.2) is 46.9 Å². The molecule has 1 fully saturated rings. The van der Waals surface area contributed by atoms with Gasteiger partial charge in [0, 0.05) is 28.8 Å². The number of morpholine rings is 1. The monoisotopic (exact) mass is 505 g/mol. The quantitative estimate of drug-likeness (QED) is 0.580. The molecule has 0 radical (unpaired) electrons. The van der Waals surface area contributed by atoms with E-state index in [2.05, 4.69) is 26.6 Å². The minimum atomic E-state index is -0.384. The SMILES string of the molecule is CCCOc1ccc(Br)cc1C(=O)NC(=S)Nc1cccc(C(=O)N2CCOCC2)c1. The van der Waals surface area contributed by atoms with Crippen molar-refractivity contribution >= 4 is 50.8 Å². The second kappa shape index (κ2) is 11.2. The number of carbonyl (C=O) groups excluding carboxylic acids is 2. The van der Waals surface area contributed by atoms with Gasteiger partial charge in [-0.05, 0) is 55.0 Å². The lowest BCUT2D eigenvalue weighted by molar-refractivity contribution is 0.0303. The van der Waals surface area contributed by atoms with Gasteiger partial charge in [-0.25, -0.2) is 0 Å². The largest absolute Gasteiger partial charge is 0.493 e. The lowest BCUT2D eigenvalue weighted by Gasteiger charge is -2.27. The molecule has 1 aliphatic heterocycles. The number of hydrogen-bond acceptors (Lipinski definition) is 5. The van der Waals surface area contributed by atoms with E-state index in [1.165, 1.54) is 0 Å². The fourth-order valence-electron chi connectivity index (χ4n) is 3.03. The summed E-state index contributed by atoms with van der Waals surface area (Å²) in [4.78, 5) is 27.2. The molecule has 3 rings (SSSR count). The number of hydrogen-bond donors (Lipinski definition) is 2. The van der Waals surface area contributed by atoms with Gasteiger partial charge in [0.15, 0.2) is 5.11 Å². The number of amides is 2. The van der Waals surface area contributed by atoms with Crippen molar-refractivity contribution in [1.82, 2.24) is 10.2 Å². The predicted octanol–water partition coefficient (Wildman–Crippen LogP) is 3.84. The van der Waals surface area contributed by atoms with E-state index in [0.29, 0.717) is 55.5 Å². The maximum atomic E-state index is 12.8. The molecule has 0 unspecified atom stereocenters. The zero-order valence-corrected chi connectivity index (χ0v) is 19.6. The fourth-order valence-corrected chi connectivity index (χ4v) is 3.60. The Morgan fingerprint density at radius 1 is 1.19 bits per heavy atom. The third-order valence-electron chi connectivity index (χ3n) is 4.54. The van der Waals surface area contributed by atoms with Crippen LogP contribution in [0.25, 0.3) is 0 Å². The van der Waals surface area contributed by atoms with Crippen LogP contribution in [0.5, 0.6) is 5.75 Å². The van der Waals surface area contributed by atoms with Gasteiger partial charge < -0.3 is 19.7 Å². The van der Waals surface area contributed by atoms with Gasteiger partial charge in [0.25, 0.3) is 11.8 Å². The topological polar surface area (TPSA) is 79.9 Å². The van der Waals surface area contributed by atoms with Gasteiger partial charge >= 0.3 is 0 Å². The second-order valence-corrected chi connectivity index (χ2v) is 8.21. The number of anilines is 1. The number of nitrogens with zero attached hydrogens (tertiary/aromatic N) is 1. The van der Waals surface area contributed by atoms with Crippen LogP contribution in [0, 0.1) is 0 Å². The molecule has 9 heteroatoms. The minimum absolute atomic E-state index is 0.0613. The first kappa shape index (κ1) is 23.2. The number of ether oxygens (including phenoxy) is 2. The predicted molar refractivity (Wildman–Crippen MR) is 127 cm³/mol. The molecule has 2 aromatic carbocycles. The van der Waals surface area contributed by atoms with Crippen molar-refractivity contribution in [2.75, 3.05) is 38.2 Å². The summed E-state index contributed by atoms with van der Waals surface area (Å²) in [7, 11) is 0. The van der Waals surface area contributed by atoms with Crippen LogP contribution in [0.1, 0.15) is 34.1 Å². The Kier molecular flexibility index (Phi) is 8.39. The summed E-state index contributed by atoms with van der Waals surface area (Å²) >= 11 is 8.68. The molecule has 2 amide bonds. The lowest BCUT2D eigenvalue weighted by Crippen LogP contribution is -2.40. The molecule has 0 atom stereocenters. The summed E-state index contributed by atoms with van der Waals surface area (Å²) in [5, 5.41) is 5.77. The molecule has 2 N–H and O–H groups in total. The maximum absolute atomic E-state index is 12.8. The van der Waals surface area contributed by atoms with Crippen LogP contribution >= 0.6 is 28.1 Å². The van der Waals surface area contributed by atoms with Crippen molar-refractivity contribution in [3.8, 4) is 5.75 Å². The highest BCUT2D eigenvalue weighted by atomic mass is 79.9. The van der Waals surface area contributed by atoms with Gasteiger partial charge in [-0.3, -0.25) is 14.9 Å². The molecule has 2 aromatic rings. The first-order valence-electron chi connectivity index (χ1n) is 9.99. The van der Waals surface area contributed by atoms with Crippen molar-refractivity contribution < 1.29 is 19.1 Å². The van der Waals surface area contributed by atoms with Crippen molar-refractivity contribution in [3.05, 3.63) is 58.1 Å². The normalized spacial score (nSPS) is 13.4. The van der Waals surface area contributed by atoms with E-state index in [9.17, 15) is 9.59 Å². The first-order valence-corrected chi connectivity index (χ1v) is 11.2. The van der Waals surface area contributed by atoms with E-state index < -0.39 is 0 Å². The second-order valence-electron chi connectivity index (χ2n) is 6.88. The van der Waals surface area contributed by atoms with E-state index in [1.54, 1.807) is 41.3 Å². The molecule has 1 saturated heterocycles. The van der Waals surface area contributed by atoms with Crippen LogP contribution in [0.4, 0.5) is 5.69 Å². The summed E-state index contributed by atoms with van der Waals surface area (Å²) < 4.78 is 11.7. The highest BCUT2D eigenvalue weighted by Crippen LogP contribution is 2.23. The number of halogens is 1. The minimum Gasteiger partial charge on any atom is -0.493 e. The smallest absolute Gasteiger partial charge is 0.261 e. The van der Waals surface area contributed by atoms with Gasteiger partial charge in [-0.1, -0.05) is 28.9 Å². The third-order valence-corrected chi connectivity index (χ3v) is 5.24. The summed E-state index contributed by atoms with van der Waals surface area (Å²) in [6.45, 7) is 4.73. The van der Waals surface area contributed by atoms with Crippen LogP contribution < -0.4 is 15.4 Å². The van der Waals surface area contributed by atoms with Crippen LogP contribution in [-0.2, 0) is 4.74 Å². The highest BCUT2D eigenvalue weighted by molar-refractivity contribution is 9.10. The van der Waals surface area contributed by atoms with Crippen molar-refractivity contribution in [2.24, 2.45) is 0 Å². The summed E-state index contributed by atoms with van der Waals surface area (Å²) in [6.07, 6.45) is 0.830. The molecule has 0 bridgehead atoms. The van der Waals surface area contributed by atoms with Crippen LogP contribution in [-0.4, -0.2) is 54.7 Å². The van der Waals surface area contributed by atoms with Gasteiger partial charge in [0.05, 0.1) is 25.4 Å². The van der Waals surface area contributed by atoms with E-state index in [4.69, 9.17) is 21.7 Å². The molecule has 0 aromatic heterocycles. The number of carbonyl (C=O) groups is 2. The van der Waals surface area contributed by atoms with E-state index >= 15 is 0 Å². The van der Waals surface area contributed by atoms with Crippen LogP contribution in [0.3, 0.4) is 0 Å². The number of rotatable bonds is 6. The number of nitrogens with one attached hydrogen (secondary N) is 2. The van der Waals surface area contributed by atoms with Gasteiger partial charge in [0.1, 0.15) is 5.75 Å². The van der Waals surface area contributed by atoms with Crippen molar-refractivity contribution in [3.63, 3.8) is 0 Å². The van der Waals surface area contributed by atoms with E-state index in [1.807, 2.05) is 13.0 Å². The van der Waals surface area contributed by atoms with Crippen molar-refractivity contribution in [2.45, 2.75) is 13.3 Å². The molecule has 0 saturated carbocycles. The zero-order valence-electron chi connectivity index (χ0n) is 17.2. The Morgan fingerprint density at radius 2 is 1.97 bits per heavy atom. The summed E-state index contributed by atoms with van der Waals surface area (Å²) in [5.41, 5.74) is 1.53. The Labute approximate surface area is 195 Å². The standard InChI is InChI=1S/C22H24BrN3O4S/c1-2-10-30-19-7-6-16(23)14-18(19)20(27)25-22(31)24-17-5-3-4-15(13-17)21(28)26-8-11-29-12-9-26/h3-7,13-14H,2,8-12H2,1H3,(H2,24,25,27,31). The Hall–Kier alpha value is -2.49. The fraction of sp³-hybridized carbons (Fsp3) is 0.318. The maximum Gasteiger partial charge on any atom is 0.261 e. The molecule has 0 aliphatic carbocycles.